The van der Waals surface area contributed by atoms with Crippen molar-refractivity contribution in [2.75, 3.05) is 5.73 Å². The molecule has 17 heavy (non-hydrogen) atoms. The molecule has 0 aliphatic rings. The van der Waals surface area contributed by atoms with Crippen molar-refractivity contribution in [3.63, 3.8) is 0 Å². The van der Waals surface area contributed by atoms with E-state index in [-0.39, 0.29) is 0 Å². The van der Waals surface area contributed by atoms with E-state index in [1.165, 1.54) is 0 Å². The summed E-state index contributed by atoms with van der Waals surface area (Å²) in [6, 6.07) is 11.4. The second-order valence-electron chi connectivity index (χ2n) is 3.86. The van der Waals surface area contributed by atoms with E-state index < -0.39 is 0 Å². The number of halogens is 1. The Morgan fingerprint density at radius 3 is 2.82 bits per heavy atom. The van der Waals surface area contributed by atoms with Gasteiger partial charge in [0.2, 0.25) is 0 Å². The topological polar surface area (TPSA) is 43.3 Å². The molecule has 0 fully saturated rings. The van der Waals surface area contributed by atoms with Crippen LogP contribution in [-0.2, 0) is 0 Å². The summed E-state index contributed by atoms with van der Waals surface area (Å²) in [5.41, 5.74) is 9.25. The molecule has 0 aliphatic carbocycles. The van der Waals surface area contributed by atoms with Gasteiger partial charge in [-0.25, -0.2) is 4.98 Å². The second kappa shape index (κ2) is 3.79. The van der Waals surface area contributed by atoms with Gasteiger partial charge in [0, 0.05) is 23.6 Å². The quantitative estimate of drug-likeness (QED) is 0.667. The van der Waals surface area contributed by atoms with Crippen molar-refractivity contribution in [3.05, 3.63) is 53.8 Å². The first-order valence-corrected chi connectivity index (χ1v) is 5.60. The maximum atomic E-state index is 5.93. The van der Waals surface area contributed by atoms with Crippen molar-refractivity contribution in [2.45, 2.75) is 0 Å². The number of imidazole rings is 1. The molecule has 0 bridgehead atoms. The van der Waals surface area contributed by atoms with E-state index in [4.69, 9.17) is 17.3 Å². The lowest BCUT2D eigenvalue weighted by molar-refractivity contribution is 1.19. The molecule has 0 radical (unpaired) electrons. The third kappa shape index (κ3) is 1.85. The maximum absolute atomic E-state index is 5.93. The molecule has 3 rings (SSSR count). The smallest absolute Gasteiger partial charge is 0.137 e. The van der Waals surface area contributed by atoms with E-state index in [1.54, 1.807) is 0 Å². The first-order valence-electron chi connectivity index (χ1n) is 5.22. The molecule has 84 valence electrons. The van der Waals surface area contributed by atoms with Gasteiger partial charge in [-0.2, -0.15) is 0 Å². The van der Waals surface area contributed by atoms with Crippen molar-refractivity contribution < 1.29 is 0 Å². The van der Waals surface area contributed by atoms with Gasteiger partial charge in [0.1, 0.15) is 5.65 Å². The molecule has 2 N–H and O–H groups in total. The van der Waals surface area contributed by atoms with E-state index in [0.717, 1.165) is 22.6 Å². The molecule has 0 saturated carbocycles. The van der Waals surface area contributed by atoms with Crippen LogP contribution >= 0.6 is 11.6 Å². The standard InChI is InChI=1S/C13H10ClN3/c14-10-4-5-13-16-12(8-17(13)7-10)9-2-1-3-11(15)6-9/h1-8H,15H2. The highest BCUT2D eigenvalue weighted by Crippen LogP contribution is 2.22. The second-order valence-corrected chi connectivity index (χ2v) is 4.30. The first kappa shape index (κ1) is 10.2. The van der Waals surface area contributed by atoms with E-state index in [1.807, 2.05) is 53.2 Å². The number of benzene rings is 1. The molecule has 0 amide bonds. The van der Waals surface area contributed by atoms with Crippen LogP contribution in [0.15, 0.2) is 48.8 Å². The molecule has 0 saturated heterocycles. The zero-order valence-electron chi connectivity index (χ0n) is 8.97. The largest absolute Gasteiger partial charge is 0.399 e. The summed E-state index contributed by atoms with van der Waals surface area (Å²) in [6.07, 6.45) is 3.77. The van der Waals surface area contributed by atoms with Gasteiger partial charge in [-0.1, -0.05) is 23.7 Å². The highest BCUT2D eigenvalue weighted by Gasteiger charge is 2.04. The summed E-state index contributed by atoms with van der Waals surface area (Å²) in [5, 5.41) is 0.689. The van der Waals surface area contributed by atoms with Crippen LogP contribution < -0.4 is 5.73 Å². The number of anilines is 1. The Balaban J connectivity index is 2.18. The van der Waals surface area contributed by atoms with Gasteiger partial charge in [-0.3, -0.25) is 0 Å². The lowest BCUT2D eigenvalue weighted by Crippen LogP contribution is -1.84. The Morgan fingerprint density at radius 2 is 2.00 bits per heavy atom. The summed E-state index contributed by atoms with van der Waals surface area (Å²) in [5.74, 6) is 0. The number of hydrogen-bond donors (Lipinski definition) is 1. The van der Waals surface area contributed by atoms with Gasteiger partial charge in [0.25, 0.3) is 0 Å². The van der Waals surface area contributed by atoms with Crippen LogP contribution in [0, 0.1) is 0 Å². The molecule has 2 aromatic heterocycles. The Labute approximate surface area is 103 Å². The molecule has 2 heterocycles. The van der Waals surface area contributed by atoms with Crippen molar-refractivity contribution in [1.82, 2.24) is 9.38 Å². The Hall–Kier alpha value is -2.00. The zero-order valence-corrected chi connectivity index (χ0v) is 9.72. The number of fused-ring (bicyclic) bond motifs is 1. The predicted octanol–water partition coefficient (Wildman–Crippen LogP) is 3.24. The van der Waals surface area contributed by atoms with Gasteiger partial charge < -0.3 is 10.1 Å². The number of pyridine rings is 1. The third-order valence-electron chi connectivity index (χ3n) is 2.60. The zero-order chi connectivity index (χ0) is 11.8. The number of nitrogen functional groups attached to an aromatic ring is 1. The monoisotopic (exact) mass is 243 g/mol. The molecule has 0 aliphatic heterocycles. The van der Waals surface area contributed by atoms with Crippen LogP contribution in [0.1, 0.15) is 0 Å². The van der Waals surface area contributed by atoms with Gasteiger partial charge >= 0.3 is 0 Å². The van der Waals surface area contributed by atoms with E-state index in [2.05, 4.69) is 4.98 Å². The summed E-state index contributed by atoms with van der Waals surface area (Å²) in [7, 11) is 0. The minimum Gasteiger partial charge on any atom is -0.399 e. The predicted molar refractivity (Wildman–Crippen MR) is 70.1 cm³/mol. The number of nitrogens with zero attached hydrogens (tertiary/aromatic N) is 2. The lowest BCUT2D eigenvalue weighted by atomic mass is 10.1. The fourth-order valence-electron chi connectivity index (χ4n) is 1.80. The Morgan fingerprint density at radius 1 is 1.12 bits per heavy atom. The van der Waals surface area contributed by atoms with Crippen LogP contribution in [0.25, 0.3) is 16.9 Å². The van der Waals surface area contributed by atoms with E-state index in [9.17, 15) is 0 Å². The maximum Gasteiger partial charge on any atom is 0.137 e. The summed E-state index contributed by atoms with van der Waals surface area (Å²) in [6.45, 7) is 0. The fourth-order valence-corrected chi connectivity index (χ4v) is 1.97. The molecule has 4 heteroatoms. The Kier molecular flexibility index (Phi) is 2.27. The normalized spacial score (nSPS) is 10.9. The van der Waals surface area contributed by atoms with Crippen LogP contribution in [-0.4, -0.2) is 9.38 Å². The number of rotatable bonds is 1. The molecule has 3 aromatic rings. The van der Waals surface area contributed by atoms with Gasteiger partial charge in [0.05, 0.1) is 10.7 Å². The average Bonchev–Trinajstić information content (AvgIpc) is 2.72. The minimum atomic E-state index is 0.689. The summed E-state index contributed by atoms with van der Waals surface area (Å²) < 4.78 is 1.90. The highest BCUT2D eigenvalue weighted by atomic mass is 35.5. The molecule has 1 aromatic carbocycles. The van der Waals surface area contributed by atoms with E-state index in [0.29, 0.717) is 5.02 Å². The molecule has 0 atom stereocenters. The van der Waals surface area contributed by atoms with Crippen molar-refractivity contribution >= 4 is 22.9 Å². The summed E-state index contributed by atoms with van der Waals surface area (Å²) in [4.78, 5) is 4.51. The van der Waals surface area contributed by atoms with Crippen molar-refractivity contribution in [1.29, 1.82) is 0 Å². The van der Waals surface area contributed by atoms with Crippen LogP contribution in [0.2, 0.25) is 5.02 Å². The van der Waals surface area contributed by atoms with Crippen LogP contribution in [0.4, 0.5) is 5.69 Å². The molecular formula is C13H10ClN3. The average molecular weight is 244 g/mol. The summed E-state index contributed by atoms with van der Waals surface area (Å²) >= 11 is 5.93. The number of nitrogens with two attached hydrogens (primary N) is 1. The fraction of sp³-hybridized carbons (Fsp3) is 0. The minimum absolute atomic E-state index is 0.689. The van der Waals surface area contributed by atoms with Crippen LogP contribution in [0.5, 0.6) is 0 Å². The lowest BCUT2D eigenvalue weighted by Gasteiger charge is -1.96. The Bertz CT molecular complexity index is 688. The first-order chi connectivity index (χ1) is 8.22. The number of hydrogen-bond acceptors (Lipinski definition) is 2. The molecule has 0 unspecified atom stereocenters. The molecule has 3 nitrogen and oxygen atoms in total. The number of aromatic nitrogens is 2. The van der Waals surface area contributed by atoms with Crippen molar-refractivity contribution in [2.24, 2.45) is 0 Å². The SMILES string of the molecule is Nc1cccc(-c2cn3cc(Cl)ccc3n2)c1. The van der Waals surface area contributed by atoms with Gasteiger partial charge in [0.15, 0.2) is 0 Å². The highest BCUT2D eigenvalue weighted by molar-refractivity contribution is 6.30. The third-order valence-corrected chi connectivity index (χ3v) is 2.82. The van der Waals surface area contributed by atoms with E-state index >= 15 is 0 Å². The molecule has 0 spiro atoms. The van der Waals surface area contributed by atoms with Gasteiger partial charge in [-0.15, -0.1) is 0 Å². The van der Waals surface area contributed by atoms with Crippen molar-refractivity contribution in [3.8, 4) is 11.3 Å². The molecular weight excluding hydrogens is 234 g/mol. The van der Waals surface area contributed by atoms with Crippen LogP contribution in [0.3, 0.4) is 0 Å². The van der Waals surface area contributed by atoms with Gasteiger partial charge in [-0.05, 0) is 24.3 Å².